The van der Waals surface area contributed by atoms with Gasteiger partial charge in [0.05, 0.1) is 0 Å². The Hall–Kier alpha value is -0.990. The van der Waals surface area contributed by atoms with E-state index in [1.165, 1.54) is 0 Å². The highest BCUT2D eigenvalue weighted by Crippen LogP contribution is 2.24. The third-order valence-electron chi connectivity index (χ3n) is 2.77. The molecule has 0 fully saturated rings. The molecule has 4 heteroatoms. The number of carbonyl (C=O) groups excluding carboxylic acids is 1. The maximum Gasteiger partial charge on any atom is 0.227 e. The van der Waals surface area contributed by atoms with Crippen molar-refractivity contribution in [3.63, 3.8) is 0 Å². The molecule has 90 valence electrons. The molecule has 1 N–H and O–H groups in total. The van der Waals surface area contributed by atoms with Crippen molar-refractivity contribution in [1.29, 1.82) is 0 Å². The van der Waals surface area contributed by atoms with Gasteiger partial charge in [-0.05, 0) is 37.5 Å². The van der Waals surface area contributed by atoms with E-state index in [1.54, 1.807) is 18.2 Å². The van der Waals surface area contributed by atoms with E-state index in [4.69, 9.17) is 23.2 Å². The Morgan fingerprint density at radius 3 is 2.47 bits per heavy atom. The molecule has 0 radical (unpaired) electrons. The summed E-state index contributed by atoms with van der Waals surface area (Å²) in [4.78, 5) is 12.0. The molecule has 2 nitrogen and oxygen atoms in total. The fourth-order valence-corrected chi connectivity index (χ4v) is 2.43. The maximum atomic E-state index is 12.0. The van der Waals surface area contributed by atoms with Crippen molar-refractivity contribution >= 4 is 34.8 Å². The molecule has 0 heterocycles. The van der Waals surface area contributed by atoms with Crippen molar-refractivity contribution in [3.05, 3.63) is 40.4 Å². The first-order chi connectivity index (χ1) is 8.15. The van der Waals surface area contributed by atoms with Gasteiger partial charge in [0.25, 0.3) is 0 Å². The monoisotopic (exact) mass is 269 g/mol. The fraction of sp³-hybridized carbons (Fsp3) is 0.308. The second kappa shape index (κ2) is 5.56. The lowest BCUT2D eigenvalue weighted by molar-refractivity contribution is -0.120. The molecule has 1 aliphatic carbocycles. The van der Waals surface area contributed by atoms with Gasteiger partial charge in [-0.25, -0.2) is 0 Å². The van der Waals surface area contributed by atoms with Crippen LogP contribution in [0.3, 0.4) is 0 Å². The van der Waals surface area contributed by atoms with Gasteiger partial charge >= 0.3 is 0 Å². The van der Waals surface area contributed by atoms with Gasteiger partial charge in [-0.2, -0.15) is 0 Å². The fourth-order valence-electron chi connectivity index (χ4n) is 1.90. The van der Waals surface area contributed by atoms with E-state index in [1.807, 2.05) is 0 Å². The number of anilines is 1. The Kier molecular flexibility index (Phi) is 4.08. The summed E-state index contributed by atoms with van der Waals surface area (Å²) >= 11 is 11.7. The lowest BCUT2D eigenvalue weighted by Gasteiger charge is -2.17. The van der Waals surface area contributed by atoms with Crippen LogP contribution in [0.2, 0.25) is 10.0 Å². The predicted molar refractivity (Wildman–Crippen MR) is 71.6 cm³/mol. The number of amides is 1. The van der Waals surface area contributed by atoms with Crippen LogP contribution in [0.4, 0.5) is 5.69 Å². The van der Waals surface area contributed by atoms with Crippen LogP contribution in [0.1, 0.15) is 19.3 Å². The van der Waals surface area contributed by atoms with E-state index >= 15 is 0 Å². The van der Waals surface area contributed by atoms with Crippen LogP contribution < -0.4 is 5.32 Å². The molecule has 0 saturated carbocycles. The lowest BCUT2D eigenvalue weighted by Crippen LogP contribution is -2.23. The number of hydrogen-bond donors (Lipinski definition) is 1. The molecule has 1 amide bonds. The van der Waals surface area contributed by atoms with Crippen molar-refractivity contribution in [2.45, 2.75) is 19.3 Å². The first-order valence-corrected chi connectivity index (χ1v) is 6.33. The van der Waals surface area contributed by atoms with Crippen LogP contribution in [0, 0.1) is 5.92 Å². The van der Waals surface area contributed by atoms with Gasteiger partial charge < -0.3 is 5.32 Å². The highest BCUT2D eigenvalue weighted by molar-refractivity contribution is 6.35. The van der Waals surface area contributed by atoms with Crippen LogP contribution in [-0.4, -0.2) is 5.91 Å². The lowest BCUT2D eigenvalue weighted by atomic mass is 9.93. The first-order valence-electron chi connectivity index (χ1n) is 5.57. The average molecular weight is 270 g/mol. The number of nitrogens with one attached hydrogen (secondary N) is 1. The molecule has 0 bridgehead atoms. The van der Waals surface area contributed by atoms with Gasteiger partial charge in [0.2, 0.25) is 5.91 Å². The normalized spacial score (nSPS) is 19.1. The molecule has 0 aliphatic heterocycles. The second-order valence-electron chi connectivity index (χ2n) is 4.13. The summed E-state index contributed by atoms with van der Waals surface area (Å²) in [6, 6.07) is 5.04. The molecule has 1 aliphatic rings. The Morgan fingerprint density at radius 1 is 1.18 bits per heavy atom. The van der Waals surface area contributed by atoms with Gasteiger partial charge in [0.1, 0.15) is 0 Å². The average Bonchev–Trinajstić information content (AvgIpc) is 2.28. The molecule has 0 saturated heterocycles. The van der Waals surface area contributed by atoms with Crippen molar-refractivity contribution in [3.8, 4) is 0 Å². The van der Waals surface area contributed by atoms with Crippen LogP contribution >= 0.6 is 23.2 Å². The second-order valence-corrected chi connectivity index (χ2v) is 5.00. The van der Waals surface area contributed by atoms with Crippen LogP contribution in [0.5, 0.6) is 0 Å². The number of carbonyl (C=O) groups is 1. The Bertz CT molecular complexity index is 436. The van der Waals surface area contributed by atoms with Crippen LogP contribution in [0.25, 0.3) is 0 Å². The minimum absolute atomic E-state index is 0.0349. The van der Waals surface area contributed by atoms with Crippen molar-refractivity contribution in [1.82, 2.24) is 0 Å². The standard InChI is InChI=1S/C13H13Cl2NO/c14-10-6-11(15)8-12(7-10)16-13(17)9-4-2-1-3-5-9/h1-2,6-9H,3-5H2,(H,16,17). The van der Waals surface area contributed by atoms with Crippen LogP contribution in [-0.2, 0) is 4.79 Å². The Morgan fingerprint density at radius 2 is 1.88 bits per heavy atom. The zero-order valence-electron chi connectivity index (χ0n) is 9.25. The summed E-state index contributed by atoms with van der Waals surface area (Å²) in [5.41, 5.74) is 0.655. The molecule has 0 aromatic heterocycles. The third kappa shape index (κ3) is 3.48. The van der Waals surface area contributed by atoms with Gasteiger partial charge in [-0.15, -0.1) is 0 Å². The number of rotatable bonds is 2. The number of hydrogen-bond acceptors (Lipinski definition) is 1. The smallest absolute Gasteiger partial charge is 0.227 e. The Balaban J connectivity index is 2.04. The molecule has 0 spiro atoms. The molecular formula is C13H13Cl2NO. The molecule has 1 aromatic rings. The maximum absolute atomic E-state index is 12.0. The number of halogens is 2. The topological polar surface area (TPSA) is 29.1 Å². The summed E-state index contributed by atoms with van der Waals surface area (Å²) < 4.78 is 0. The van der Waals surface area contributed by atoms with Crippen LogP contribution in [0.15, 0.2) is 30.4 Å². The van der Waals surface area contributed by atoms with E-state index in [2.05, 4.69) is 17.5 Å². The summed E-state index contributed by atoms with van der Waals surface area (Å²) in [6.07, 6.45) is 6.84. The van der Waals surface area contributed by atoms with Crippen molar-refractivity contribution in [2.24, 2.45) is 5.92 Å². The molecule has 1 atom stereocenters. The molecule has 17 heavy (non-hydrogen) atoms. The number of allylic oxidation sites excluding steroid dienone is 2. The highest BCUT2D eigenvalue weighted by Gasteiger charge is 2.18. The SMILES string of the molecule is O=C(Nc1cc(Cl)cc(Cl)c1)C1CC=CCC1. The van der Waals surface area contributed by atoms with E-state index in [0.717, 1.165) is 19.3 Å². The Labute approximate surface area is 111 Å². The minimum Gasteiger partial charge on any atom is -0.326 e. The van der Waals surface area contributed by atoms with E-state index in [0.29, 0.717) is 15.7 Å². The van der Waals surface area contributed by atoms with Gasteiger partial charge in [-0.1, -0.05) is 35.4 Å². The van der Waals surface area contributed by atoms with Gasteiger partial charge in [-0.3, -0.25) is 4.79 Å². The summed E-state index contributed by atoms with van der Waals surface area (Å²) in [7, 11) is 0. The van der Waals surface area contributed by atoms with E-state index < -0.39 is 0 Å². The summed E-state index contributed by atoms with van der Waals surface area (Å²) in [5, 5.41) is 3.90. The molecular weight excluding hydrogens is 257 g/mol. The third-order valence-corrected chi connectivity index (χ3v) is 3.21. The van der Waals surface area contributed by atoms with Gasteiger partial charge in [0.15, 0.2) is 0 Å². The quantitative estimate of drug-likeness (QED) is 0.798. The van der Waals surface area contributed by atoms with E-state index in [9.17, 15) is 4.79 Å². The first kappa shape index (κ1) is 12.5. The van der Waals surface area contributed by atoms with Crippen molar-refractivity contribution in [2.75, 3.05) is 5.32 Å². The van der Waals surface area contributed by atoms with Gasteiger partial charge in [0, 0.05) is 21.7 Å². The highest BCUT2D eigenvalue weighted by atomic mass is 35.5. The molecule has 1 aromatic carbocycles. The molecule has 2 rings (SSSR count). The zero-order chi connectivity index (χ0) is 12.3. The summed E-state index contributed by atoms with van der Waals surface area (Å²) in [6.45, 7) is 0. The van der Waals surface area contributed by atoms with E-state index in [-0.39, 0.29) is 11.8 Å². The zero-order valence-corrected chi connectivity index (χ0v) is 10.8. The minimum atomic E-state index is 0.0349. The largest absolute Gasteiger partial charge is 0.326 e. The molecule has 1 unspecified atom stereocenters. The summed E-state index contributed by atoms with van der Waals surface area (Å²) in [5.74, 6) is 0.0884. The number of benzene rings is 1. The predicted octanol–water partition coefficient (Wildman–Crippen LogP) is 4.29. The van der Waals surface area contributed by atoms with Crippen molar-refractivity contribution < 1.29 is 4.79 Å².